The number of para-hydroxylation sites is 2. The second kappa shape index (κ2) is 12.3. The lowest BCUT2D eigenvalue weighted by Crippen LogP contribution is -1.94. The highest BCUT2D eigenvalue weighted by Crippen LogP contribution is 2.24. The van der Waals surface area contributed by atoms with Crippen molar-refractivity contribution in [1.82, 2.24) is 19.6 Å². The fourth-order valence-corrected chi connectivity index (χ4v) is 4.49. The maximum Gasteiger partial charge on any atom is 0.123 e. The predicted octanol–water partition coefficient (Wildman–Crippen LogP) is 7.21. The summed E-state index contributed by atoms with van der Waals surface area (Å²) >= 11 is 0. The molecule has 206 valence electrons. The number of hydrogen-bond acceptors (Lipinski definition) is 4. The Kier molecular flexibility index (Phi) is 7.85. The van der Waals surface area contributed by atoms with Gasteiger partial charge in [-0.15, -0.1) is 0 Å². The van der Waals surface area contributed by atoms with Gasteiger partial charge in [-0.3, -0.25) is 9.98 Å². The number of rotatable bonds is 9. The van der Waals surface area contributed by atoms with E-state index in [1.807, 2.05) is 73.1 Å². The van der Waals surface area contributed by atoms with E-state index in [0.717, 1.165) is 33.6 Å². The Hall–Kier alpha value is -5.50. The smallest absolute Gasteiger partial charge is 0.123 e. The summed E-state index contributed by atoms with van der Waals surface area (Å²) in [4.78, 5) is 9.20. The first-order valence-electron chi connectivity index (χ1n) is 13.5. The molecule has 6 rings (SSSR count). The van der Waals surface area contributed by atoms with E-state index in [4.69, 9.17) is 10.2 Å². The molecule has 8 heteroatoms. The van der Waals surface area contributed by atoms with Crippen molar-refractivity contribution in [3.8, 4) is 33.9 Å². The summed E-state index contributed by atoms with van der Waals surface area (Å²) in [6.45, 7) is 0.906. The van der Waals surface area contributed by atoms with Gasteiger partial charge in [-0.1, -0.05) is 36.4 Å². The minimum absolute atomic E-state index is 0.300. The van der Waals surface area contributed by atoms with E-state index < -0.39 is 0 Å². The Labute approximate surface area is 242 Å². The molecule has 4 aromatic carbocycles. The third-order valence-electron chi connectivity index (χ3n) is 6.58. The lowest BCUT2D eigenvalue weighted by Gasteiger charge is -2.00. The monoisotopic (exact) mass is 556 g/mol. The summed E-state index contributed by atoms with van der Waals surface area (Å²) in [5.74, 6) is -0.600. The molecule has 0 aliphatic carbocycles. The van der Waals surface area contributed by atoms with Gasteiger partial charge in [-0.25, -0.2) is 18.1 Å². The van der Waals surface area contributed by atoms with Crippen molar-refractivity contribution in [2.75, 3.05) is 13.1 Å². The van der Waals surface area contributed by atoms with E-state index in [1.54, 1.807) is 46.1 Å². The molecule has 0 unspecified atom stereocenters. The molecule has 0 aliphatic rings. The maximum absolute atomic E-state index is 13.6. The number of halogens is 2. The molecule has 0 N–H and O–H groups in total. The van der Waals surface area contributed by atoms with Gasteiger partial charge in [0.2, 0.25) is 0 Å². The molecule has 0 saturated heterocycles. The molecular weight excluding hydrogens is 530 g/mol. The summed E-state index contributed by atoms with van der Waals surface area (Å²) < 4.78 is 30.7. The van der Waals surface area contributed by atoms with E-state index in [0.29, 0.717) is 24.5 Å². The lowest BCUT2D eigenvalue weighted by molar-refractivity contribution is 0.627. The van der Waals surface area contributed by atoms with Crippen molar-refractivity contribution in [3.05, 3.63) is 144 Å². The normalized spacial score (nSPS) is 11.6. The minimum atomic E-state index is -0.300. The van der Waals surface area contributed by atoms with E-state index >= 15 is 0 Å². The summed E-state index contributed by atoms with van der Waals surface area (Å²) in [7, 11) is 0. The Morgan fingerprint density at radius 3 is 1.29 bits per heavy atom. The van der Waals surface area contributed by atoms with Crippen LogP contribution in [0.5, 0.6) is 0 Å². The zero-order chi connectivity index (χ0) is 28.7. The first kappa shape index (κ1) is 26.7. The van der Waals surface area contributed by atoms with Gasteiger partial charge in [0.15, 0.2) is 0 Å². The average Bonchev–Trinajstić information content (AvgIpc) is 3.66. The molecule has 0 fully saturated rings. The molecule has 2 heterocycles. The summed E-state index contributed by atoms with van der Waals surface area (Å²) in [6, 6.07) is 32.1. The lowest BCUT2D eigenvalue weighted by atomic mass is 10.1. The molecule has 0 amide bonds. The van der Waals surface area contributed by atoms with Crippen LogP contribution in [0.25, 0.3) is 33.9 Å². The van der Waals surface area contributed by atoms with E-state index in [2.05, 4.69) is 9.98 Å². The van der Waals surface area contributed by atoms with Crippen molar-refractivity contribution in [2.45, 2.75) is 0 Å². The number of aromatic nitrogens is 4. The first-order valence-corrected chi connectivity index (χ1v) is 13.5. The van der Waals surface area contributed by atoms with Crippen LogP contribution in [-0.2, 0) is 0 Å². The highest BCUT2D eigenvalue weighted by Gasteiger charge is 2.12. The van der Waals surface area contributed by atoms with Crippen LogP contribution in [-0.4, -0.2) is 45.1 Å². The Morgan fingerprint density at radius 1 is 0.524 bits per heavy atom. The summed E-state index contributed by atoms with van der Waals surface area (Å²) in [5, 5.41) is 9.49. The van der Waals surface area contributed by atoms with Crippen LogP contribution < -0.4 is 0 Å². The van der Waals surface area contributed by atoms with Crippen LogP contribution in [0, 0.1) is 11.6 Å². The Morgan fingerprint density at radius 2 is 0.905 bits per heavy atom. The van der Waals surface area contributed by atoms with Crippen LogP contribution in [0.1, 0.15) is 11.1 Å². The quantitative estimate of drug-likeness (QED) is 0.140. The summed E-state index contributed by atoms with van der Waals surface area (Å²) in [5.41, 5.74) is 6.49. The Balaban J connectivity index is 1.20. The largest absolute Gasteiger partial charge is 0.290 e. The van der Waals surface area contributed by atoms with Crippen LogP contribution in [0.3, 0.4) is 0 Å². The third kappa shape index (κ3) is 6.13. The van der Waals surface area contributed by atoms with E-state index in [1.165, 1.54) is 24.3 Å². The Bertz CT molecular complexity index is 1680. The average molecular weight is 557 g/mol. The fraction of sp³-hybridized carbons (Fsp3) is 0.0588. The van der Waals surface area contributed by atoms with Gasteiger partial charge in [0, 0.05) is 47.1 Å². The second-order valence-electron chi connectivity index (χ2n) is 9.51. The van der Waals surface area contributed by atoms with Gasteiger partial charge in [-0.2, -0.15) is 10.2 Å². The molecule has 42 heavy (non-hydrogen) atoms. The van der Waals surface area contributed by atoms with Crippen molar-refractivity contribution in [1.29, 1.82) is 0 Å². The van der Waals surface area contributed by atoms with Crippen LogP contribution in [0.2, 0.25) is 0 Å². The van der Waals surface area contributed by atoms with Gasteiger partial charge in [0.05, 0.1) is 24.5 Å². The number of benzene rings is 4. The van der Waals surface area contributed by atoms with Crippen LogP contribution in [0.15, 0.2) is 132 Å². The van der Waals surface area contributed by atoms with E-state index in [-0.39, 0.29) is 11.6 Å². The van der Waals surface area contributed by atoms with Gasteiger partial charge in [0.25, 0.3) is 0 Å². The predicted molar refractivity (Wildman–Crippen MR) is 163 cm³/mol. The van der Waals surface area contributed by atoms with E-state index in [9.17, 15) is 8.78 Å². The first-order chi connectivity index (χ1) is 20.6. The van der Waals surface area contributed by atoms with Gasteiger partial charge in [-0.05, 0) is 72.8 Å². The molecule has 0 aliphatic heterocycles. The minimum Gasteiger partial charge on any atom is -0.290 e. The molecule has 0 saturated carbocycles. The summed E-state index contributed by atoms with van der Waals surface area (Å²) in [6.07, 6.45) is 7.37. The standard InChI is InChI=1S/C34H26F2N6/c35-29-15-11-25(12-16-29)33-27(23-41(39-33)31-7-3-1-4-8-31)21-37-19-20-38-22-28-24-42(32-9-5-2-6-10-32)40-34(28)26-13-17-30(36)18-14-26/h1-18,21-24H,19-20H2. The maximum atomic E-state index is 13.6. The molecule has 2 aromatic heterocycles. The van der Waals surface area contributed by atoms with Crippen molar-refractivity contribution < 1.29 is 8.78 Å². The number of nitrogens with zero attached hydrogens (tertiary/aromatic N) is 6. The zero-order valence-corrected chi connectivity index (χ0v) is 22.6. The molecule has 0 radical (unpaired) electrons. The number of hydrogen-bond donors (Lipinski definition) is 0. The van der Waals surface area contributed by atoms with Gasteiger partial charge in [0.1, 0.15) is 23.0 Å². The topological polar surface area (TPSA) is 60.4 Å². The highest BCUT2D eigenvalue weighted by molar-refractivity contribution is 5.89. The molecule has 6 aromatic rings. The van der Waals surface area contributed by atoms with Crippen LogP contribution in [0.4, 0.5) is 8.78 Å². The number of aliphatic imine (C=N–C) groups is 2. The molecule has 0 bridgehead atoms. The SMILES string of the molecule is Fc1ccc(-c2nn(-c3ccccc3)cc2C=NCCN=Cc2cn(-c3ccccc3)nc2-c2ccc(F)cc2)cc1. The van der Waals surface area contributed by atoms with Gasteiger partial charge >= 0.3 is 0 Å². The van der Waals surface area contributed by atoms with Gasteiger partial charge < -0.3 is 0 Å². The van der Waals surface area contributed by atoms with Crippen molar-refractivity contribution in [3.63, 3.8) is 0 Å². The molecule has 0 atom stereocenters. The molecular formula is C34H26F2N6. The second-order valence-corrected chi connectivity index (χ2v) is 9.51. The molecule has 6 nitrogen and oxygen atoms in total. The molecule has 0 spiro atoms. The fourth-order valence-electron chi connectivity index (χ4n) is 4.49. The van der Waals surface area contributed by atoms with Crippen molar-refractivity contribution in [2.24, 2.45) is 9.98 Å². The third-order valence-corrected chi connectivity index (χ3v) is 6.58. The van der Waals surface area contributed by atoms with Crippen LogP contribution >= 0.6 is 0 Å². The van der Waals surface area contributed by atoms with Crippen molar-refractivity contribution >= 4 is 12.4 Å². The zero-order valence-electron chi connectivity index (χ0n) is 22.6. The highest BCUT2D eigenvalue weighted by atomic mass is 19.1.